The van der Waals surface area contributed by atoms with Crippen LogP contribution in [0.15, 0.2) is 0 Å². The highest BCUT2D eigenvalue weighted by Gasteiger charge is 2.22. The summed E-state index contributed by atoms with van der Waals surface area (Å²) >= 11 is 16.3. The molecule has 0 spiro atoms. The van der Waals surface area contributed by atoms with E-state index in [-0.39, 0.29) is 6.61 Å². The fraction of sp³-hybridized carbons (Fsp3) is 0.923. The highest BCUT2D eigenvalue weighted by Crippen LogP contribution is 2.25. The smallest absolute Gasteiger partial charge is 0.434 e. The van der Waals surface area contributed by atoms with Crippen LogP contribution in [0.4, 0.5) is 4.79 Å². The Kier molecular flexibility index (Phi) is 12.0. The minimum atomic E-state index is -1.59. The molecule has 0 N–H and O–H groups in total. The molecule has 0 unspecified atom stereocenters. The van der Waals surface area contributed by atoms with Crippen molar-refractivity contribution in [3.63, 3.8) is 0 Å². The zero-order valence-electron chi connectivity index (χ0n) is 11.4. The molecule has 0 aliphatic heterocycles. The van der Waals surface area contributed by atoms with Gasteiger partial charge in [0.15, 0.2) is 0 Å². The Bertz CT molecular complexity index is 230. The Hall–Kier alpha value is 0.140. The molecule has 0 bridgehead atoms. The minimum Gasteiger partial charge on any atom is -0.434 e. The Morgan fingerprint density at radius 2 is 1.42 bits per heavy atom. The van der Waals surface area contributed by atoms with Crippen molar-refractivity contribution < 1.29 is 14.3 Å². The second kappa shape index (κ2) is 11.9. The van der Waals surface area contributed by atoms with Crippen molar-refractivity contribution in [2.45, 2.75) is 62.1 Å². The third kappa shape index (κ3) is 16.1. The van der Waals surface area contributed by atoms with E-state index in [1.54, 1.807) is 0 Å². The lowest BCUT2D eigenvalue weighted by atomic mass is 10.1. The Balaban J connectivity index is 3.23. The molecule has 0 aliphatic carbocycles. The molecule has 3 nitrogen and oxygen atoms in total. The molecule has 0 aliphatic rings. The minimum absolute atomic E-state index is 0.298. The Morgan fingerprint density at radius 3 is 1.95 bits per heavy atom. The number of rotatable bonds is 10. The maximum atomic E-state index is 11.1. The summed E-state index contributed by atoms with van der Waals surface area (Å²) in [6, 6.07) is 0. The number of ether oxygens (including phenoxy) is 2. The molecule has 0 fully saturated rings. The SMILES string of the molecule is CCCCCCCCCCOC(=O)OCC(Cl)(Cl)Cl. The first kappa shape index (κ1) is 19.1. The average molecular weight is 334 g/mol. The summed E-state index contributed by atoms with van der Waals surface area (Å²) in [5, 5.41) is 0. The molecule has 19 heavy (non-hydrogen) atoms. The summed E-state index contributed by atoms with van der Waals surface area (Å²) in [7, 11) is 0. The van der Waals surface area contributed by atoms with Crippen LogP contribution >= 0.6 is 34.8 Å². The van der Waals surface area contributed by atoms with Crippen molar-refractivity contribution in [1.82, 2.24) is 0 Å². The highest BCUT2D eigenvalue weighted by molar-refractivity contribution is 6.67. The van der Waals surface area contributed by atoms with Crippen molar-refractivity contribution in [1.29, 1.82) is 0 Å². The van der Waals surface area contributed by atoms with Crippen molar-refractivity contribution in [3.8, 4) is 0 Å². The summed E-state index contributed by atoms with van der Waals surface area (Å²) < 4.78 is 7.88. The van der Waals surface area contributed by atoms with Crippen LogP contribution in [-0.4, -0.2) is 23.2 Å². The predicted molar refractivity (Wildman–Crippen MR) is 80.2 cm³/mol. The topological polar surface area (TPSA) is 35.5 Å². The van der Waals surface area contributed by atoms with Crippen LogP contribution < -0.4 is 0 Å². The third-order valence-corrected chi connectivity index (χ3v) is 2.90. The maximum absolute atomic E-state index is 11.1. The lowest BCUT2D eigenvalue weighted by molar-refractivity contribution is 0.0554. The van der Waals surface area contributed by atoms with Gasteiger partial charge in [0.1, 0.15) is 6.61 Å². The molecule has 0 rings (SSSR count). The number of carbonyl (C=O) groups is 1. The highest BCUT2D eigenvalue weighted by atomic mass is 35.6. The second-order valence-electron chi connectivity index (χ2n) is 4.48. The summed E-state index contributed by atoms with van der Waals surface area (Å²) in [6.07, 6.45) is 8.74. The van der Waals surface area contributed by atoms with E-state index >= 15 is 0 Å². The third-order valence-electron chi connectivity index (χ3n) is 2.57. The van der Waals surface area contributed by atoms with E-state index < -0.39 is 9.95 Å². The van der Waals surface area contributed by atoms with Gasteiger partial charge in [-0.25, -0.2) is 4.79 Å². The molecule has 0 aromatic rings. The lowest BCUT2D eigenvalue weighted by Crippen LogP contribution is -2.18. The first-order valence-corrected chi connectivity index (χ1v) is 7.95. The van der Waals surface area contributed by atoms with E-state index in [1.807, 2.05) is 0 Å². The van der Waals surface area contributed by atoms with Gasteiger partial charge in [0, 0.05) is 0 Å². The zero-order chi connectivity index (χ0) is 14.6. The number of hydrogen-bond donors (Lipinski definition) is 0. The number of halogens is 3. The molecule has 0 saturated carbocycles. The lowest BCUT2D eigenvalue weighted by Gasteiger charge is -2.11. The monoisotopic (exact) mass is 332 g/mol. The van der Waals surface area contributed by atoms with Gasteiger partial charge in [0.2, 0.25) is 3.79 Å². The summed E-state index contributed by atoms with van der Waals surface area (Å²) in [4.78, 5) is 11.1. The van der Waals surface area contributed by atoms with Gasteiger partial charge in [0.05, 0.1) is 6.61 Å². The van der Waals surface area contributed by atoms with Gasteiger partial charge in [0.25, 0.3) is 0 Å². The van der Waals surface area contributed by atoms with Crippen LogP contribution in [0.1, 0.15) is 58.3 Å². The summed E-state index contributed by atoms with van der Waals surface area (Å²) in [6.45, 7) is 2.26. The van der Waals surface area contributed by atoms with Gasteiger partial charge >= 0.3 is 6.16 Å². The summed E-state index contributed by atoms with van der Waals surface area (Å²) in [5.41, 5.74) is 0. The maximum Gasteiger partial charge on any atom is 0.508 e. The van der Waals surface area contributed by atoms with Gasteiger partial charge < -0.3 is 9.47 Å². The van der Waals surface area contributed by atoms with Crippen LogP contribution in [0.3, 0.4) is 0 Å². The predicted octanol–water partition coefficient (Wildman–Crippen LogP) is 5.65. The number of alkyl halides is 3. The second-order valence-corrected chi connectivity index (χ2v) is 6.99. The van der Waals surface area contributed by atoms with E-state index in [0.29, 0.717) is 6.61 Å². The van der Waals surface area contributed by atoms with E-state index in [0.717, 1.165) is 12.8 Å². The van der Waals surface area contributed by atoms with E-state index in [9.17, 15) is 4.79 Å². The fourth-order valence-electron chi connectivity index (χ4n) is 1.57. The van der Waals surface area contributed by atoms with Crippen LogP contribution in [0.2, 0.25) is 0 Å². The normalized spacial score (nSPS) is 11.4. The number of hydrogen-bond acceptors (Lipinski definition) is 3. The molecule has 114 valence electrons. The van der Waals surface area contributed by atoms with Gasteiger partial charge in [-0.2, -0.15) is 0 Å². The van der Waals surface area contributed by atoms with Crippen LogP contribution in [-0.2, 0) is 9.47 Å². The molecule has 0 amide bonds. The van der Waals surface area contributed by atoms with Crippen molar-refractivity contribution in [2.75, 3.05) is 13.2 Å². The van der Waals surface area contributed by atoms with Gasteiger partial charge in [-0.1, -0.05) is 86.7 Å². The standard InChI is InChI=1S/C13H23Cl3O3/c1-2-3-4-5-6-7-8-9-10-18-12(17)19-11-13(14,15)16/h2-11H2,1H3. The fourth-order valence-corrected chi connectivity index (χ4v) is 1.74. The van der Waals surface area contributed by atoms with Crippen molar-refractivity contribution >= 4 is 41.0 Å². The molecule has 0 radical (unpaired) electrons. The zero-order valence-corrected chi connectivity index (χ0v) is 13.7. The van der Waals surface area contributed by atoms with Crippen molar-refractivity contribution in [2.24, 2.45) is 0 Å². The average Bonchev–Trinajstić information content (AvgIpc) is 2.33. The van der Waals surface area contributed by atoms with Gasteiger partial charge in [-0.15, -0.1) is 0 Å². The molecule has 0 aromatic heterocycles. The van der Waals surface area contributed by atoms with E-state index in [1.165, 1.54) is 38.5 Å². The molecule has 0 heterocycles. The van der Waals surface area contributed by atoms with E-state index in [4.69, 9.17) is 39.5 Å². The largest absolute Gasteiger partial charge is 0.508 e. The van der Waals surface area contributed by atoms with Crippen LogP contribution in [0.5, 0.6) is 0 Å². The van der Waals surface area contributed by atoms with E-state index in [2.05, 4.69) is 11.7 Å². The Morgan fingerprint density at radius 1 is 0.895 bits per heavy atom. The quantitative estimate of drug-likeness (QED) is 0.294. The molecule has 0 aromatic carbocycles. The molecule has 0 atom stereocenters. The Labute approximate surface area is 130 Å². The molecule has 6 heteroatoms. The first-order chi connectivity index (χ1) is 8.95. The van der Waals surface area contributed by atoms with Gasteiger partial charge in [-0.05, 0) is 6.42 Å². The number of carbonyl (C=O) groups excluding carboxylic acids is 1. The molecular weight excluding hydrogens is 310 g/mol. The number of unbranched alkanes of at least 4 members (excludes halogenated alkanes) is 7. The first-order valence-electron chi connectivity index (χ1n) is 6.82. The van der Waals surface area contributed by atoms with Crippen molar-refractivity contribution in [3.05, 3.63) is 0 Å². The summed E-state index contributed by atoms with van der Waals surface area (Å²) in [5.74, 6) is 0. The molecular formula is C13H23Cl3O3. The van der Waals surface area contributed by atoms with Crippen LogP contribution in [0.25, 0.3) is 0 Å². The van der Waals surface area contributed by atoms with Gasteiger partial charge in [-0.3, -0.25) is 0 Å². The molecule has 0 saturated heterocycles. The van der Waals surface area contributed by atoms with Crippen LogP contribution in [0, 0.1) is 0 Å².